The van der Waals surface area contributed by atoms with E-state index in [4.69, 9.17) is 9.47 Å². The Bertz CT molecular complexity index is 2040. The van der Waals surface area contributed by atoms with E-state index in [1.165, 1.54) is 29.4 Å². The highest BCUT2D eigenvalue weighted by molar-refractivity contribution is 7.91. The number of allylic oxidation sites excluding steroid dienone is 1. The molecule has 2 aliphatic heterocycles. The summed E-state index contributed by atoms with van der Waals surface area (Å²) in [7, 11) is -4.07. The van der Waals surface area contributed by atoms with Gasteiger partial charge in [0.05, 0.1) is 11.3 Å². The number of halogens is 3. The van der Waals surface area contributed by atoms with Crippen LogP contribution in [0.15, 0.2) is 35.9 Å². The lowest BCUT2D eigenvalue weighted by Crippen LogP contribution is -2.59. The molecule has 19 heteroatoms. The number of thiazole rings is 1. The molecule has 2 aromatic rings. The van der Waals surface area contributed by atoms with Gasteiger partial charge in [-0.2, -0.15) is 13.2 Å². The zero-order chi connectivity index (χ0) is 41.7. The first-order chi connectivity index (χ1) is 26.5. The number of aryl methyl sites for hydroxylation is 1. The number of nitrogens with one attached hydrogen (secondary N) is 3. The van der Waals surface area contributed by atoms with Crippen molar-refractivity contribution < 1.29 is 50.2 Å². The lowest BCUT2D eigenvalue weighted by molar-refractivity contribution is -0.244. The smallest absolute Gasteiger partial charge is 0.427 e. The third-order valence-electron chi connectivity index (χ3n) is 11.4. The zero-order valence-electron chi connectivity index (χ0n) is 32.6. The largest absolute Gasteiger partial charge is 0.488 e. The maximum atomic E-state index is 14.7. The van der Waals surface area contributed by atoms with Gasteiger partial charge in [-0.15, -0.1) is 11.3 Å². The van der Waals surface area contributed by atoms with Gasteiger partial charge in [-0.05, 0) is 84.1 Å². The van der Waals surface area contributed by atoms with E-state index in [-0.39, 0.29) is 25.3 Å². The SMILES string of the molecule is Cc1csc(-c2cc(O[C@@H]3C[C@H]4C(=O)N[C@]5(C(=O)NS(=O)(=O)C6(C)CC6)C[C@H]5/C=C\CC[C@@H](C)C[C@@H](C)[C@H](NC(=O)OC(C)(C)C(F)(F)F)C(=O)N4C3)ccn2)n1. The van der Waals surface area contributed by atoms with Crippen molar-refractivity contribution >= 4 is 45.2 Å². The lowest BCUT2D eigenvalue weighted by Gasteiger charge is -2.34. The van der Waals surface area contributed by atoms with E-state index < -0.39 is 85.9 Å². The molecule has 2 saturated carbocycles. The van der Waals surface area contributed by atoms with Crippen molar-refractivity contribution in [3.8, 4) is 16.5 Å². The van der Waals surface area contributed by atoms with Crippen molar-refractivity contribution in [2.24, 2.45) is 17.8 Å². The Morgan fingerprint density at radius 1 is 1.14 bits per heavy atom. The number of amides is 4. The predicted molar refractivity (Wildman–Crippen MR) is 203 cm³/mol. The van der Waals surface area contributed by atoms with Crippen LogP contribution in [-0.4, -0.2) is 93.9 Å². The third-order valence-corrected chi connectivity index (χ3v) is 14.6. The Morgan fingerprint density at radius 3 is 2.51 bits per heavy atom. The first-order valence-corrected chi connectivity index (χ1v) is 21.4. The molecule has 2 aromatic heterocycles. The van der Waals surface area contributed by atoms with Crippen LogP contribution in [0.2, 0.25) is 0 Å². The van der Waals surface area contributed by atoms with Crippen LogP contribution in [0.5, 0.6) is 5.75 Å². The number of alkyl carbamates (subject to hydrolysis) is 1. The fourth-order valence-corrected chi connectivity index (χ4v) is 9.38. The van der Waals surface area contributed by atoms with E-state index in [0.29, 0.717) is 62.4 Å². The van der Waals surface area contributed by atoms with E-state index in [1.807, 2.05) is 25.3 Å². The van der Waals surface area contributed by atoms with E-state index in [1.54, 1.807) is 25.1 Å². The molecule has 0 unspecified atom stereocenters. The molecule has 2 aliphatic carbocycles. The first kappa shape index (κ1) is 42.3. The van der Waals surface area contributed by atoms with Gasteiger partial charge in [0.2, 0.25) is 27.4 Å². The minimum absolute atomic E-state index is 0.0288. The van der Waals surface area contributed by atoms with Crippen molar-refractivity contribution in [1.82, 2.24) is 30.2 Å². The minimum atomic E-state index is -4.91. The number of sulfonamides is 1. The molecule has 0 spiro atoms. The molecule has 14 nitrogen and oxygen atoms in total. The standard InChI is InChI=1S/C38H49F3N6O8S2/c1-21-9-7-8-10-24-18-37(24,33(50)46-57(52,53)36(6)12-13-36)45-30(48)28-17-26(54-25-11-14-42-27(16-25)31-43-23(3)20-56-31)19-47(28)32(49)29(22(2)15-21)44-34(51)55-35(4,5)38(39,40)41/h8,10-11,14,16,20-22,24,26,28-29H,7,9,12-13,15,17-19H2,1-6H3,(H,44,51)(H,45,48)(H,46,50)/b10-8-/t21-,22-,24-,26-,28+,29+,37-/m1/s1. The predicted octanol–water partition coefficient (Wildman–Crippen LogP) is 5.18. The number of rotatable bonds is 8. The van der Waals surface area contributed by atoms with Crippen molar-refractivity contribution in [2.75, 3.05) is 6.54 Å². The van der Waals surface area contributed by atoms with Gasteiger partial charge >= 0.3 is 12.3 Å². The zero-order valence-corrected chi connectivity index (χ0v) is 34.3. The minimum Gasteiger partial charge on any atom is -0.488 e. The summed E-state index contributed by atoms with van der Waals surface area (Å²) in [6, 6.07) is 0.563. The fourth-order valence-electron chi connectivity index (χ4n) is 7.31. The second-order valence-electron chi connectivity index (χ2n) is 16.7. The van der Waals surface area contributed by atoms with E-state index in [0.717, 1.165) is 5.69 Å². The number of pyridine rings is 1. The van der Waals surface area contributed by atoms with Gasteiger partial charge in [-0.3, -0.25) is 24.1 Å². The molecule has 1 saturated heterocycles. The Balaban J connectivity index is 1.33. The summed E-state index contributed by atoms with van der Waals surface area (Å²) in [5, 5.41) is 7.70. The summed E-state index contributed by atoms with van der Waals surface area (Å²) < 4.78 is 79.7. The summed E-state index contributed by atoms with van der Waals surface area (Å²) in [5.74, 6) is -3.24. The highest BCUT2D eigenvalue weighted by Crippen LogP contribution is 2.47. The summed E-state index contributed by atoms with van der Waals surface area (Å²) in [4.78, 5) is 66.1. The van der Waals surface area contributed by atoms with Crippen LogP contribution in [0.3, 0.4) is 0 Å². The highest BCUT2D eigenvalue weighted by atomic mass is 32.2. The Labute approximate surface area is 333 Å². The number of hydrogen-bond donors (Lipinski definition) is 3. The van der Waals surface area contributed by atoms with E-state index in [9.17, 15) is 40.8 Å². The fraction of sp³-hybridized carbons (Fsp3) is 0.632. The number of alkyl halides is 3. The van der Waals surface area contributed by atoms with Crippen molar-refractivity contribution in [3.05, 3.63) is 41.6 Å². The molecule has 4 amide bonds. The first-order valence-electron chi connectivity index (χ1n) is 19.0. The lowest BCUT2D eigenvalue weighted by atomic mass is 9.88. The summed E-state index contributed by atoms with van der Waals surface area (Å²) >= 11 is 1.39. The number of nitrogens with zero attached hydrogens (tertiary/aromatic N) is 3. The second-order valence-corrected chi connectivity index (χ2v) is 19.7. The second kappa shape index (κ2) is 15.5. The number of hydrogen-bond acceptors (Lipinski definition) is 11. The molecule has 4 aliphatic rings. The Hall–Kier alpha value is -4.26. The molecule has 57 heavy (non-hydrogen) atoms. The summed E-state index contributed by atoms with van der Waals surface area (Å²) in [5.41, 5.74) is -3.16. The molecule has 0 bridgehead atoms. The Morgan fingerprint density at radius 2 is 1.86 bits per heavy atom. The number of ether oxygens (including phenoxy) is 2. The molecule has 7 atom stereocenters. The van der Waals surface area contributed by atoms with Crippen LogP contribution in [0.4, 0.5) is 18.0 Å². The van der Waals surface area contributed by atoms with Crippen LogP contribution in [0.25, 0.3) is 10.7 Å². The molecular weight excluding hydrogens is 790 g/mol. The molecule has 4 heterocycles. The van der Waals surface area contributed by atoms with Gasteiger partial charge in [-0.1, -0.05) is 26.0 Å². The van der Waals surface area contributed by atoms with Gasteiger partial charge in [0.25, 0.3) is 5.91 Å². The van der Waals surface area contributed by atoms with Crippen molar-refractivity contribution in [2.45, 2.75) is 127 Å². The van der Waals surface area contributed by atoms with Crippen LogP contribution >= 0.6 is 11.3 Å². The highest BCUT2D eigenvalue weighted by Gasteiger charge is 2.63. The summed E-state index contributed by atoms with van der Waals surface area (Å²) in [6.07, 6.45) is 0.349. The van der Waals surface area contributed by atoms with Crippen molar-refractivity contribution in [3.63, 3.8) is 0 Å². The van der Waals surface area contributed by atoms with E-state index >= 15 is 0 Å². The van der Waals surface area contributed by atoms with Crippen LogP contribution < -0.4 is 20.1 Å². The monoisotopic (exact) mass is 838 g/mol. The van der Waals surface area contributed by atoms with Crippen LogP contribution in [0.1, 0.15) is 85.3 Å². The van der Waals surface area contributed by atoms with Gasteiger partial charge < -0.3 is 25.0 Å². The Kier molecular flexibility index (Phi) is 11.5. The van der Waals surface area contributed by atoms with Gasteiger partial charge in [0, 0.05) is 35.7 Å². The molecule has 6 rings (SSSR count). The average molecular weight is 839 g/mol. The molecule has 312 valence electrons. The maximum Gasteiger partial charge on any atom is 0.427 e. The third kappa shape index (κ3) is 9.08. The molecule has 0 radical (unpaired) electrons. The number of fused-ring (bicyclic) bond motifs is 2. The van der Waals surface area contributed by atoms with Gasteiger partial charge in [0.15, 0.2) is 0 Å². The topological polar surface area (TPSA) is 186 Å². The molecular formula is C38H49F3N6O8S2. The molecule has 3 fully saturated rings. The van der Waals surface area contributed by atoms with Gasteiger partial charge in [0.1, 0.15) is 40.2 Å². The quantitative estimate of drug-likeness (QED) is 0.299. The molecule has 3 N–H and O–H groups in total. The van der Waals surface area contributed by atoms with Gasteiger partial charge in [-0.25, -0.2) is 18.2 Å². The maximum absolute atomic E-state index is 14.7. The number of carbonyl (C=O) groups excluding carboxylic acids is 4. The number of aromatic nitrogens is 2. The van der Waals surface area contributed by atoms with E-state index in [2.05, 4.69) is 25.3 Å². The average Bonchev–Trinajstić information content (AvgIpc) is 3.92. The van der Waals surface area contributed by atoms with Crippen LogP contribution in [-0.2, 0) is 29.1 Å². The van der Waals surface area contributed by atoms with Crippen molar-refractivity contribution in [1.29, 1.82) is 0 Å². The van der Waals surface area contributed by atoms with Crippen LogP contribution in [0, 0.1) is 24.7 Å². The normalized spacial score (nSPS) is 29.7. The molecule has 0 aromatic carbocycles. The number of carbonyl (C=O) groups is 4. The summed E-state index contributed by atoms with van der Waals surface area (Å²) in [6.45, 7) is 8.23.